The molecule has 2 aromatic carbocycles. The maximum atomic E-state index is 10.5. The Kier molecular flexibility index (Phi) is 2.80. The Labute approximate surface area is 118 Å². The van der Waals surface area contributed by atoms with Crippen LogP contribution in [0.5, 0.6) is 0 Å². The van der Waals surface area contributed by atoms with Crippen LogP contribution in [0.2, 0.25) is 0 Å². The molecule has 2 aromatic rings. The zero-order chi connectivity index (χ0) is 14.5. The number of hydrogen-bond acceptors (Lipinski definition) is 3. The molecule has 4 heteroatoms. The van der Waals surface area contributed by atoms with Crippen LogP contribution in [0.15, 0.2) is 41.5 Å². The van der Waals surface area contributed by atoms with Gasteiger partial charge in [-0.15, -0.1) is 0 Å². The van der Waals surface area contributed by atoms with Gasteiger partial charge in [0.15, 0.2) is 0 Å². The number of fused-ring (bicyclic) bond motifs is 3. The fourth-order valence-corrected chi connectivity index (χ4v) is 3.09. The van der Waals surface area contributed by atoms with Gasteiger partial charge in [-0.2, -0.15) is 4.91 Å². The minimum Gasteiger partial charge on any atom is -0.425 e. The van der Waals surface area contributed by atoms with E-state index in [-0.39, 0.29) is 5.41 Å². The van der Waals surface area contributed by atoms with Gasteiger partial charge in [0.2, 0.25) is 0 Å². The van der Waals surface area contributed by atoms with Crippen molar-refractivity contribution in [3.05, 3.63) is 58.0 Å². The van der Waals surface area contributed by atoms with Crippen LogP contribution in [0.25, 0.3) is 11.1 Å². The van der Waals surface area contributed by atoms with E-state index in [1.54, 1.807) is 6.07 Å². The van der Waals surface area contributed by atoms with Gasteiger partial charge in [0, 0.05) is 5.41 Å². The summed E-state index contributed by atoms with van der Waals surface area (Å²) in [5.41, 5.74) is 6.49. The Morgan fingerprint density at radius 3 is 2.30 bits per heavy atom. The lowest BCUT2D eigenvalue weighted by Crippen LogP contribution is -2.29. The highest BCUT2D eigenvalue weighted by Gasteiger charge is 2.36. The first-order chi connectivity index (χ1) is 9.45. The number of nitrogens with zero attached hydrogens (tertiary/aromatic N) is 1. The second-order valence-electron chi connectivity index (χ2n) is 5.96. The van der Waals surface area contributed by atoms with E-state index in [0.717, 1.165) is 5.56 Å². The third kappa shape index (κ3) is 1.72. The third-order valence-corrected chi connectivity index (χ3v) is 4.25. The van der Waals surface area contributed by atoms with E-state index in [1.807, 2.05) is 12.1 Å². The molecule has 0 bridgehead atoms. The molecule has 0 unspecified atom stereocenters. The van der Waals surface area contributed by atoms with E-state index >= 15 is 0 Å². The molecule has 0 heterocycles. The zero-order valence-corrected chi connectivity index (χ0v) is 11.8. The average molecular weight is 265 g/mol. The zero-order valence-electron chi connectivity index (χ0n) is 11.8. The number of nitroso groups, excluding NO2 is 1. The highest BCUT2D eigenvalue weighted by molar-refractivity contribution is 6.64. The van der Waals surface area contributed by atoms with Crippen molar-refractivity contribution in [1.29, 1.82) is 0 Å². The first-order valence-electron chi connectivity index (χ1n) is 6.71. The molecule has 1 N–H and O–H groups in total. The second-order valence-corrected chi connectivity index (χ2v) is 5.96. The van der Waals surface area contributed by atoms with Crippen LogP contribution in [-0.2, 0) is 5.41 Å². The molecule has 0 amide bonds. The molecule has 3 rings (SSSR count). The van der Waals surface area contributed by atoms with Crippen molar-refractivity contribution in [3.8, 4) is 11.1 Å². The Morgan fingerprint density at radius 2 is 1.65 bits per heavy atom. The molecule has 0 atom stereocenters. The first-order valence-corrected chi connectivity index (χ1v) is 6.71. The predicted octanol–water partition coefficient (Wildman–Crippen LogP) is 2.76. The predicted molar refractivity (Wildman–Crippen MR) is 82.1 cm³/mol. The van der Waals surface area contributed by atoms with Crippen molar-refractivity contribution in [3.63, 3.8) is 0 Å². The summed E-state index contributed by atoms with van der Waals surface area (Å²) in [6, 6.07) is 12.1. The first kappa shape index (κ1) is 13.1. The van der Waals surface area contributed by atoms with Crippen molar-refractivity contribution >= 4 is 12.5 Å². The lowest BCUT2D eigenvalue weighted by molar-refractivity contribution is 0.587. The number of hydrogen-bond donors (Lipinski definition) is 1. The molecule has 20 heavy (non-hydrogen) atoms. The SMILES string of the molecule is Cc1ccc2c(c1)C(C)(C)c1cc(B(O)N=O)ccc1-2. The Balaban J connectivity index is 2.24. The van der Waals surface area contributed by atoms with E-state index in [4.69, 9.17) is 0 Å². The average Bonchev–Trinajstić information content (AvgIpc) is 2.66. The van der Waals surface area contributed by atoms with Gasteiger partial charge in [-0.05, 0) is 34.6 Å². The summed E-state index contributed by atoms with van der Waals surface area (Å²) in [7, 11) is -1.29. The van der Waals surface area contributed by atoms with Gasteiger partial charge in [0.05, 0.1) is 0 Å². The summed E-state index contributed by atoms with van der Waals surface area (Å²) in [4.78, 5) is 10.5. The van der Waals surface area contributed by atoms with Gasteiger partial charge in [0.1, 0.15) is 0 Å². The number of aryl methyl sites for hydroxylation is 1. The van der Waals surface area contributed by atoms with Crippen LogP contribution in [0, 0.1) is 11.8 Å². The van der Waals surface area contributed by atoms with Gasteiger partial charge in [-0.1, -0.05) is 60.9 Å². The highest BCUT2D eigenvalue weighted by atomic mass is 16.3. The molecule has 3 nitrogen and oxygen atoms in total. The Bertz CT molecular complexity index is 710. The van der Waals surface area contributed by atoms with Crippen LogP contribution >= 0.6 is 0 Å². The smallest absolute Gasteiger partial charge is 0.425 e. The van der Waals surface area contributed by atoms with Crippen molar-refractivity contribution in [2.45, 2.75) is 26.2 Å². The molecule has 100 valence electrons. The van der Waals surface area contributed by atoms with Crippen LogP contribution < -0.4 is 5.46 Å². The van der Waals surface area contributed by atoms with E-state index in [2.05, 4.69) is 44.1 Å². The third-order valence-electron chi connectivity index (χ3n) is 4.25. The fourth-order valence-electron chi connectivity index (χ4n) is 3.09. The summed E-state index contributed by atoms with van der Waals surface area (Å²) >= 11 is 0. The van der Waals surface area contributed by atoms with Gasteiger partial charge in [-0.25, -0.2) is 0 Å². The summed E-state index contributed by atoms with van der Waals surface area (Å²) in [6.07, 6.45) is 0. The molecule has 0 fully saturated rings. The van der Waals surface area contributed by atoms with Crippen LogP contribution in [0.3, 0.4) is 0 Å². The van der Waals surface area contributed by atoms with Gasteiger partial charge >= 0.3 is 7.05 Å². The van der Waals surface area contributed by atoms with Crippen molar-refractivity contribution in [2.75, 3.05) is 0 Å². The monoisotopic (exact) mass is 265 g/mol. The van der Waals surface area contributed by atoms with E-state index in [0.29, 0.717) is 5.46 Å². The van der Waals surface area contributed by atoms with Gasteiger partial charge < -0.3 is 5.02 Å². The van der Waals surface area contributed by atoms with E-state index < -0.39 is 7.05 Å². The number of benzene rings is 2. The maximum Gasteiger partial charge on any atom is 0.517 e. The lowest BCUT2D eigenvalue weighted by Gasteiger charge is -2.22. The standard InChI is InChI=1S/C16H16BNO2/c1-10-4-6-12-13-7-5-11(17(19)18-20)9-15(13)16(2,3)14(12)8-10/h4-9,19H,1-3H3. The lowest BCUT2D eigenvalue weighted by atomic mass is 9.72. The van der Waals surface area contributed by atoms with Gasteiger partial charge in [0.25, 0.3) is 0 Å². The molecule has 1 aliphatic carbocycles. The molecule has 1 aliphatic rings. The second kappa shape index (κ2) is 4.28. The molecule has 0 aliphatic heterocycles. The fraction of sp³-hybridized carbons (Fsp3) is 0.250. The normalized spacial score (nSPS) is 14.6. The minimum absolute atomic E-state index is 0.130. The van der Waals surface area contributed by atoms with Crippen molar-refractivity contribution < 1.29 is 5.02 Å². The summed E-state index contributed by atoms with van der Waals surface area (Å²) in [6.45, 7) is 6.42. The van der Waals surface area contributed by atoms with E-state index in [1.165, 1.54) is 22.3 Å². The summed E-state index contributed by atoms with van der Waals surface area (Å²) < 4.78 is 0. The molecular formula is C16H16BNO2. The molecular weight excluding hydrogens is 249 g/mol. The Morgan fingerprint density at radius 1 is 1.05 bits per heavy atom. The highest BCUT2D eigenvalue weighted by Crippen LogP contribution is 2.48. The Hall–Kier alpha value is -1.94. The van der Waals surface area contributed by atoms with E-state index in [9.17, 15) is 9.93 Å². The summed E-state index contributed by atoms with van der Waals surface area (Å²) in [5.74, 6) is 0. The molecule has 0 spiro atoms. The van der Waals surface area contributed by atoms with Crippen LogP contribution in [0.4, 0.5) is 0 Å². The molecule has 0 radical (unpaired) electrons. The van der Waals surface area contributed by atoms with Gasteiger partial charge in [-0.3, -0.25) is 0 Å². The maximum absolute atomic E-state index is 10.5. The topological polar surface area (TPSA) is 49.7 Å². The quantitative estimate of drug-likeness (QED) is 0.670. The van der Waals surface area contributed by atoms with Crippen molar-refractivity contribution in [2.24, 2.45) is 5.09 Å². The minimum atomic E-state index is -1.29. The van der Waals surface area contributed by atoms with Crippen LogP contribution in [-0.4, -0.2) is 12.1 Å². The largest absolute Gasteiger partial charge is 0.517 e. The van der Waals surface area contributed by atoms with Crippen LogP contribution in [0.1, 0.15) is 30.5 Å². The number of rotatable bonds is 2. The summed E-state index contributed by atoms with van der Waals surface area (Å²) in [5, 5.41) is 12.3. The van der Waals surface area contributed by atoms with Crippen molar-refractivity contribution in [1.82, 2.24) is 0 Å². The molecule has 0 saturated carbocycles. The molecule has 0 saturated heterocycles. The molecule has 0 aromatic heterocycles.